The number of nitrogens with zero attached hydrogens (tertiary/aromatic N) is 2. The van der Waals surface area contributed by atoms with E-state index < -0.39 is 10.7 Å². The predicted molar refractivity (Wildman–Crippen MR) is 154 cm³/mol. The number of thioether (sulfide) groups is 1. The van der Waals surface area contributed by atoms with Gasteiger partial charge in [-0.3, -0.25) is 4.79 Å². The molecule has 8 heteroatoms. The number of aliphatic carboxylic acids is 1. The molecular weight excluding hydrogens is 490 g/mol. The van der Waals surface area contributed by atoms with E-state index in [1.807, 2.05) is 10.3 Å². The van der Waals surface area contributed by atoms with Crippen LogP contribution in [0.5, 0.6) is 0 Å². The van der Waals surface area contributed by atoms with E-state index in [1.165, 1.54) is 68.0 Å². The lowest BCUT2D eigenvalue weighted by Crippen LogP contribution is -2.45. The molecule has 2 unspecified atom stereocenters. The van der Waals surface area contributed by atoms with Crippen LogP contribution in [0.15, 0.2) is 9.72 Å². The van der Waals surface area contributed by atoms with Crippen LogP contribution in [0.3, 0.4) is 0 Å². The van der Waals surface area contributed by atoms with Crippen molar-refractivity contribution >= 4 is 35.1 Å². The van der Waals surface area contributed by atoms with Gasteiger partial charge in [0.1, 0.15) is 4.75 Å². The second-order valence-electron chi connectivity index (χ2n) is 10.7. The first-order chi connectivity index (χ1) is 17.1. The van der Waals surface area contributed by atoms with Crippen molar-refractivity contribution in [1.29, 1.82) is 0 Å². The molecule has 0 saturated carbocycles. The number of aromatic nitrogens is 1. The second-order valence-corrected chi connectivity index (χ2v) is 13.4. The zero-order chi connectivity index (χ0) is 27.0. The molecular formula is C28H51N3O3S2. The summed E-state index contributed by atoms with van der Waals surface area (Å²) in [5, 5.41) is 14.6. The zero-order valence-corrected chi connectivity index (χ0v) is 25.2. The molecule has 36 heavy (non-hydrogen) atoms. The Morgan fingerprint density at radius 3 is 2.25 bits per heavy atom. The van der Waals surface area contributed by atoms with Crippen molar-refractivity contribution in [3.63, 3.8) is 0 Å². The van der Waals surface area contributed by atoms with Gasteiger partial charge in [-0.1, -0.05) is 90.3 Å². The van der Waals surface area contributed by atoms with E-state index in [0.717, 1.165) is 48.2 Å². The highest BCUT2D eigenvalue weighted by Crippen LogP contribution is 2.34. The van der Waals surface area contributed by atoms with Crippen molar-refractivity contribution in [3.8, 4) is 0 Å². The molecule has 0 aliphatic heterocycles. The van der Waals surface area contributed by atoms with Crippen LogP contribution in [0.25, 0.3) is 0 Å². The number of carbonyl (C=O) groups is 2. The first-order valence-corrected chi connectivity index (χ1v) is 15.7. The van der Waals surface area contributed by atoms with Crippen molar-refractivity contribution in [3.05, 3.63) is 11.1 Å². The van der Waals surface area contributed by atoms with E-state index >= 15 is 0 Å². The SMILES string of the molecule is CCCCCC(C)CCCCN(CCc1csc(SC(C)(C)C(=O)O)n1)C(=O)NC(C)CCCCC. The highest BCUT2D eigenvalue weighted by molar-refractivity contribution is 8.02. The molecule has 1 aromatic rings. The minimum atomic E-state index is -0.914. The van der Waals surface area contributed by atoms with Crippen LogP contribution in [0.1, 0.15) is 118 Å². The summed E-state index contributed by atoms with van der Waals surface area (Å²) >= 11 is 2.75. The minimum Gasteiger partial charge on any atom is -0.480 e. The van der Waals surface area contributed by atoms with Crippen LogP contribution in [-0.2, 0) is 11.2 Å². The molecule has 2 N–H and O–H groups in total. The quantitative estimate of drug-likeness (QED) is 0.129. The Morgan fingerprint density at radius 2 is 1.64 bits per heavy atom. The van der Waals surface area contributed by atoms with Gasteiger partial charge in [0, 0.05) is 30.9 Å². The van der Waals surface area contributed by atoms with E-state index in [-0.39, 0.29) is 12.1 Å². The van der Waals surface area contributed by atoms with E-state index in [2.05, 4.69) is 38.0 Å². The number of thiazole rings is 1. The van der Waals surface area contributed by atoms with Crippen LogP contribution in [0.2, 0.25) is 0 Å². The Bertz CT molecular complexity index is 754. The zero-order valence-electron chi connectivity index (χ0n) is 23.6. The summed E-state index contributed by atoms with van der Waals surface area (Å²) < 4.78 is -0.155. The number of nitrogens with one attached hydrogen (secondary N) is 1. The molecule has 1 aromatic heterocycles. The summed E-state index contributed by atoms with van der Waals surface area (Å²) in [5.74, 6) is -0.0989. The normalized spacial score (nSPS) is 13.4. The van der Waals surface area contributed by atoms with Gasteiger partial charge in [0.25, 0.3) is 0 Å². The van der Waals surface area contributed by atoms with Gasteiger partial charge in [-0.05, 0) is 39.5 Å². The fourth-order valence-corrected chi connectivity index (χ4v) is 6.26. The minimum absolute atomic E-state index is 0.0202. The number of carbonyl (C=O) groups excluding carboxylic acids is 1. The molecule has 2 atom stereocenters. The lowest BCUT2D eigenvalue weighted by atomic mass is 9.97. The number of hydrogen-bond donors (Lipinski definition) is 2. The van der Waals surface area contributed by atoms with E-state index in [4.69, 9.17) is 0 Å². The van der Waals surface area contributed by atoms with Crippen LogP contribution < -0.4 is 5.32 Å². The molecule has 6 nitrogen and oxygen atoms in total. The molecule has 2 amide bonds. The van der Waals surface area contributed by atoms with Crippen LogP contribution in [0.4, 0.5) is 4.79 Å². The smallest absolute Gasteiger partial charge is 0.319 e. The third-order valence-corrected chi connectivity index (χ3v) is 8.77. The molecule has 0 aliphatic carbocycles. The number of urea groups is 1. The fraction of sp³-hybridized carbons (Fsp3) is 0.821. The first-order valence-electron chi connectivity index (χ1n) is 14.0. The Kier molecular flexibility index (Phi) is 16.4. The second kappa shape index (κ2) is 18.1. The van der Waals surface area contributed by atoms with E-state index in [1.54, 1.807) is 13.8 Å². The summed E-state index contributed by atoms with van der Waals surface area (Å²) in [6.07, 6.45) is 13.8. The number of rotatable bonds is 20. The Morgan fingerprint density at radius 1 is 1.03 bits per heavy atom. The van der Waals surface area contributed by atoms with Crippen molar-refractivity contribution < 1.29 is 14.7 Å². The number of hydrogen-bond acceptors (Lipinski definition) is 5. The lowest BCUT2D eigenvalue weighted by molar-refractivity contribution is -0.138. The third-order valence-electron chi connectivity index (χ3n) is 6.60. The van der Waals surface area contributed by atoms with Crippen LogP contribution in [-0.4, -0.2) is 50.9 Å². The number of amides is 2. The highest BCUT2D eigenvalue weighted by atomic mass is 32.2. The Labute approximate surface area is 228 Å². The summed E-state index contributed by atoms with van der Waals surface area (Å²) in [6, 6.07) is 0.192. The third kappa shape index (κ3) is 13.9. The lowest BCUT2D eigenvalue weighted by Gasteiger charge is -2.25. The molecule has 1 rings (SSSR count). The van der Waals surface area contributed by atoms with Crippen molar-refractivity contribution in [1.82, 2.24) is 15.2 Å². The molecule has 0 radical (unpaired) electrons. The molecule has 0 bridgehead atoms. The van der Waals surface area contributed by atoms with E-state index in [9.17, 15) is 14.7 Å². The van der Waals surface area contributed by atoms with Gasteiger partial charge < -0.3 is 15.3 Å². The maximum atomic E-state index is 13.1. The Balaban J connectivity index is 2.64. The standard InChI is InChI=1S/C28H51N3O3S2/c1-7-9-11-15-22(3)16-13-14-19-31(26(34)29-23(4)17-12-10-8-2)20-18-24-21-35-27(30-24)36-28(5,6)25(32)33/h21-23H,7-20H2,1-6H3,(H,29,34)(H,32,33). The number of carboxylic acids is 1. The monoisotopic (exact) mass is 541 g/mol. The number of carboxylic acid groups (broad SMARTS) is 1. The summed E-state index contributed by atoms with van der Waals surface area (Å²) in [6.45, 7) is 13.7. The maximum Gasteiger partial charge on any atom is 0.319 e. The van der Waals surface area contributed by atoms with Crippen molar-refractivity contribution in [2.24, 2.45) is 5.92 Å². The van der Waals surface area contributed by atoms with Crippen molar-refractivity contribution in [2.75, 3.05) is 13.1 Å². The summed E-state index contributed by atoms with van der Waals surface area (Å²) in [4.78, 5) is 31.1. The van der Waals surface area contributed by atoms with Gasteiger partial charge in [-0.25, -0.2) is 9.78 Å². The predicted octanol–water partition coefficient (Wildman–Crippen LogP) is 8.01. The van der Waals surface area contributed by atoms with E-state index in [0.29, 0.717) is 13.0 Å². The molecule has 0 aromatic carbocycles. The summed E-state index contributed by atoms with van der Waals surface area (Å²) in [5.41, 5.74) is 0.919. The van der Waals surface area contributed by atoms with Gasteiger partial charge in [0.15, 0.2) is 4.34 Å². The maximum absolute atomic E-state index is 13.1. The average Bonchev–Trinajstić information content (AvgIpc) is 3.25. The van der Waals surface area contributed by atoms with Gasteiger partial charge in [-0.2, -0.15) is 0 Å². The summed E-state index contributed by atoms with van der Waals surface area (Å²) in [7, 11) is 0. The highest BCUT2D eigenvalue weighted by Gasteiger charge is 2.30. The van der Waals surface area contributed by atoms with Gasteiger partial charge in [-0.15, -0.1) is 11.3 Å². The molecule has 0 saturated heterocycles. The van der Waals surface area contributed by atoms with Crippen LogP contribution in [0, 0.1) is 5.92 Å². The van der Waals surface area contributed by atoms with Crippen molar-refractivity contribution in [2.45, 2.75) is 134 Å². The fourth-order valence-electron chi connectivity index (χ4n) is 4.03. The first kappa shape index (κ1) is 32.7. The molecule has 0 spiro atoms. The topological polar surface area (TPSA) is 82.5 Å². The van der Waals surface area contributed by atoms with Gasteiger partial charge in [0.05, 0.1) is 5.69 Å². The molecule has 208 valence electrons. The Hall–Kier alpha value is -1.28. The number of unbranched alkanes of at least 4 members (excludes halogenated alkanes) is 5. The van der Waals surface area contributed by atoms with Gasteiger partial charge in [0.2, 0.25) is 0 Å². The molecule has 1 heterocycles. The molecule has 0 aliphatic rings. The largest absolute Gasteiger partial charge is 0.480 e. The average molecular weight is 542 g/mol. The molecule has 0 fully saturated rings. The van der Waals surface area contributed by atoms with Crippen LogP contribution >= 0.6 is 23.1 Å². The van der Waals surface area contributed by atoms with Gasteiger partial charge >= 0.3 is 12.0 Å².